The van der Waals surface area contributed by atoms with Gasteiger partial charge in [0.2, 0.25) is 5.91 Å². The second kappa shape index (κ2) is 29.7. The van der Waals surface area contributed by atoms with Crippen molar-refractivity contribution in [2.24, 2.45) is 0 Å². The van der Waals surface area contributed by atoms with Crippen molar-refractivity contribution >= 4 is 5.91 Å². The van der Waals surface area contributed by atoms with Crippen LogP contribution in [0, 0.1) is 0 Å². The predicted molar refractivity (Wildman–Crippen MR) is 222 cm³/mol. The van der Waals surface area contributed by atoms with Gasteiger partial charge in [-0.3, -0.25) is 4.79 Å². The molecule has 3 aliphatic heterocycles. The average Bonchev–Trinajstić information content (AvgIpc) is 3.26. The van der Waals surface area contributed by atoms with Gasteiger partial charge >= 0.3 is 0 Å². The summed E-state index contributed by atoms with van der Waals surface area (Å²) >= 11 is 0. The maximum Gasteiger partial charge on any atom is 0.220 e. The van der Waals surface area contributed by atoms with Crippen LogP contribution in [0.25, 0.3) is 0 Å². The summed E-state index contributed by atoms with van der Waals surface area (Å²) in [6.07, 6.45) is -4.68. The molecule has 19 nitrogen and oxygen atoms in total. The average molecular weight is 896 g/mol. The van der Waals surface area contributed by atoms with Crippen LogP contribution >= 0.6 is 0 Å². The Labute approximate surface area is 365 Å². The number of carbonyl (C=O) groups excluding carboxylic acids is 1. The number of nitrogens with one attached hydrogen (secondary N) is 1. The third kappa shape index (κ3) is 16.9. The van der Waals surface area contributed by atoms with E-state index < -0.39 is 124 Å². The number of hydrogen-bond acceptors (Lipinski definition) is 18. The number of carbonyl (C=O) groups is 1. The standard InChI is InChI=1S/C43H77NO18/c1-3-5-7-9-11-13-14-16-18-20-27(48)26(44-31(49)21-19-17-15-12-10-8-6-4-2)25-57-41-37(55)34(52)39(29(23-46)59-41)62-43-38(56)35(53)40(30(24-47)60-43)61-42-36(54)33(51)32(50)28(22-45)58-42/h11,13,18,20,26-30,32-43,45-48,50-56H,3-10,12,14-17,19,21-25H2,1-2H3,(H,44,49)/b13-11+,20-18+. The van der Waals surface area contributed by atoms with Crippen molar-refractivity contribution in [2.75, 3.05) is 26.4 Å². The third-order valence-electron chi connectivity index (χ3n) is 11.5. The number of ether oxygens (including phenoxy) is 6. The van der Waals surface area contributed by atoms with Gasteiger partial charge in [-0.15, -0.1) is 0 Å². The topological polar surface area (TPSA) is 307 Å². The Morgan fingerprint density at radius 3 is 1.61 bits per heavy atom. The number of amides is 1. The van der Waals surface area contributed by atoms with E-state index in [-0.39, 0.29) is 18.9 Å². The van der Waals surface area contributed by atoms with Crippen molar-refractivity contribution in [3.8, 4) is 0 Å². The summed E-state index contributed by atoms with van der Waals surface area (Å²) in [6, 6.07) is -0.979. The molecule has 19 heteroatoms. The van der Waals surface area contributed by atoms with E-state index in [2.05, 4.69) is 31.3 Å². The molecule has 0 aromatic rings. The van der Waals surface area contributed by atoms with E-state index in [9.17, 15) is 61.0 Å². The van der Waals surface area contributed by atoms with Crippen LogP contribution in [0.3, 0.4) is 0 Å². The molecule has 3 aliphatic rings. The fourth-order valence-corrected chi connectivity index (χ4v) is 7.61. The van der Waals surface area contributed by atoms with E-state index in [0.717, 1.165) is 51.4 Å². The molecule has 0 saturated carbocycles. The van der Waals surface area contributed by atoms with E-state index in [0.29, 0.717) is 12.8 Å². The molecule has 0 radical (unpaired) electrons. The lowest BCUT2D eigenvalue weighted by Gasteiger charge is -2.48. The predicted octanol–water partition coefficient (Wildman–Crippen LogP) is -0.699. The summed E-state index contributed by atoms with van der Waals surface area (Å²) in [4.78, 5) is 13.0. The number of unbranched alkanes of at least 4 members (excludes halogenated alkanes) is 11. The first-order valence-electron chi connectivity index (χ1n) is 22.6. The fraction of sp³-hybridized carbons (Fsp3) is 0.884. The van der Waals surface area contributed by atoms with Crippen molar-refractivity contribution in [1.82, 2.24) is 5.32 Å². The Balaban J connectivity index is 1.62. The quantitative estimate of drug-likeness (QED) is 0.0326. The second-order valence-corrected chi connectivity index (χ2v) is 16.5. The Bertz CT molecular complexity index is 1260. The highest BCUT2D eigenvalue weighted by atomic mass is 16.8. The van der Waals surface area contributed by atoms with Crippen LogP contribution in [0.5, 0.6) is 0 Å². The highest BCUT2D eigenvalue weighted by Crippen LogP contribution is 2.33. The lowest BCUT2D eigenvalue weighted by atomic mass is 9.96. The number of aliphatic hydroxyl groups excluding tert-OH is 11. The van der Waals surface area contributed by atoms with Crippen molar-refractivity contribution in [2.45, 2.75) is 214 Å². The monoisotopic (exact) mass is 896 g/mol. The fourth-order valence-electron chi connectivity index (χ4n) is 7.61. The first-order valence-corrected chi connectivity index (χ1v) is 22.6. The van der Waals surface area contributed by atoms with E-state index in [1.807, 2.05) is 6.08 Å². The van der Waals surface area contributed by atoms with E-state index in [1.54, 1.807) is 6.08 Å². The van der Waals surface area contributed by atoms with Gasteiger partial charge in [-0.05, 0) is 32.1 Å². The van der Waals surface area contributed by atoms with Gasteiger partial charge in [0, 0.05) is 6.42 Å². The molecule has 362 valence electrons. The number of hydrogen-bond donors (Lipinski definition) is 12. The molecule has 3 saturated heterocycles. The molecule has 3 rings (SSSR count). The molecule has 0 spiro atoms. The highest BCUT2D eigenvalue weighted by molar-refractivity contribution is 5.76. The first-order chi connectivity index (χ1) is 29.8. The third-order valence-corrected chi connectivity index (χ3v) is 11.5. The minimum absolute atomic E-state index is 0.235. The van der Waals surface area contributed by atoms with E-state index in [4.69, 9.17) is 28.4 Å². The molecule has 12 N–H and O–H groups in total. The second-order valence-electron chi connectivity index (χ2n) is 16.5. The number of rotatable bonds is 29. The lowest BCUT2D eigenvalue weighted by Crippen LogP contribution is -2.66. The van der Waals surface area contributed by atoms with Crippen molar-refractivity contribution in [3.05, 3.63) is 24.3 Å². The Morgan fingerprint density at radius 1 is 0.565 bits per heavy atom. The molecule has 3 fully saturated rings. The summed E-state index contributed by atoms with van der Waals surface area (Å²) in [5, 5.41) is 119. The zero-order valence-electron chi connectivity index (χ0n) is 36.3. The molecule has 0 bridgehead atoms. The van der Waals surface area contributed by atoms with Crippen LogP contribution in [0.15, 0.2) is 24.3 Å². The van der Waals surface area contributed by atoms with Crippen molar-refractivity contribution in [1.29, 1.82) is 0 Å². The van der Waals surface area contributed by atoms with Crippen molar-refractivity contribution in [3.63, 3.8) is 0 Å². The van der Waals surface area contributed by atoms with Gasteiger partial charge in [-0.25, -0.2) is 0 Å². The summed E-state index contributed by atoms with van der Waals surface area (Å²) in [5.74, 6) is -0.297. The minimum atomic E-state index is -1.98. The molecule has 17 atom stereocenters. The van der Waals surface area contributed by atoms with Gasteiger partial charge in [0.15, 0.2) is 18.9 Å². The number of allylic oxidation sites excluding steroid dienone is 3. The molecular weight excluding hydrogens is 818 g/mol. The van der Waals surface area contributed by atoms with Gasteiger partial charge in [0.05, 0.1) is 38.6 Å². The van der Waals surface area contributed by atoms with Gasteiger partial charge in [-0.1, -0.05) is 95.9 Å². The maximum atomic E-state index is 13.0. The summed E-state index contributed by atoms with van der Waals surface area (Å²) in [5.41, 5.74) is 0. The Morgan fingerprint density at radius 2 is 1.03 bits per heavy atom. The molecule has 0 aromatic carbocycles. The molecule has 0 aliphatic carbocycles. The van der Waals surface area contributed by atoms with E-state index in [1.165, 1.54) is 25.7 Å². The Kier molecular flexibility index (Phi) is 26.2. The summed E-state index contributed by atoms with van der Waals surface area (Å²) in [6.45, 7) is 1.53. The molecule has 1 amide bonds. The molecule has 0 aromatic heterocycles. The Hall–Kier alpha value is -1.73. The number of aliphatic hydroxyl groups is 11. The van der Waals surface area contributed by atoms with Crippen LogP contribution in [0.1, 0.15) is 110 Å². The smallest absolute Gasteiger partial charge is 0.220 e. The normalized spacial score (nSPS) is 35.4. The van der Waals surface area contributed by atoms with Gasteiger partial charge in [0.25, 0.3) is 0 Å². The van der Waals surface area contributed by atoms with Gasteiger partial charge in [-0.2, -0.15) is 0 Å². The SMILES string of the molecule is CCCCC/C=C/CC/C=C/C(O)C(COC1OC(CO)C(OC2OC(CO)C(OC3OC(CO)C(O)C(O)C3O)C(O)C2O)C(O)C1O)NC(=O)CCCCCCCCCC. The lowest BCUT2D eigenvalue weighted by molar-refractivity contribution is -0.379. The van der Waals surface area contributed by atoms with Crippen LogP contribution < -0.4 is 5.32 Å². The van der Waals surface area contributed by atoms with E-state index >= 15 is 0 Å². The van der Waals surface area contributed by atoms with Gasteiger partial charge < -0.3 is 89.9 Å². The van der Waals surface area contributed by atoms with Crippen LogP contribution in [-0.2, 0) is 33.2 Å². The zero-order valence-corrected chi connectivity index (χ0v) is 36.3. The summed E-state index contributed by atoms with van der Waals surface area (Å²) in [7, 11) is 0. The van der Waals surface area contributed by atoms with Crippen LogP contribution in [-0.4, -0.2) is 193 Å². The first kappa shape index (κ1) is 54.6. The largest absolute Gasteiger partial charge is 0.394 e. The van der Waals surface area contributed by atoms with Crippen molar-refractivity contribution < 1.29 is 89.4 Å². The highest BCUT2D eigenvalue weighted by Gasteiger charge is 2.53. The van der Waals surface area contributed by atoms with Gasteiger partial charge in [0.1, 0.15) is 73.2 Å². The van der Waals surface area contributed by atoms with Crippen LogP contribution in [0.4, 0.5) is 0 Å². The zero-order chi connectivity index (χ0) is 45.6. The summed E-state index contributed by atoms with van der Waals surface area (Å²) < 4.78 is 33.9. The molecular formula is C43H77NO18. The minimum Gasteiger partial charge on any atom is -0.394 e. The molecule has 17 unspecified atom stereocenters. The van der Waals surface area contributed by atoms with Crippen LogP contribution in [0.2, 0.25) is 0 Å². The maximum absolute atomic E-state index is 13.0. The molecule has 3 heterocycles. The molecule has 62 heavy (non-hydrogen) atoms.